The predicted octanol–water partition coefficient (Wildman–Crippen LogP) is 1.65. The minimum atomic E-state index is -1.52. The molecule has 0 aromatic heterocycles. The first kappa shape index (κ1) is 18.9. The third-order valence-electron chi connectivity index (χ3n) is 9.33. The Morgan fingerprint density at radius 3 is 2.50 bits per heavy atom. The molecule has 4 rings (SSSR count). The van der Waals surface area contributed by atoms with Gasteiger partial charge in [0.2, 0.25) is 0 Å². The second kappa shape index (κ2) is 6.00. The van der Waals surface area contributed by atoms with Crippen molar-refractivity contribution in [2.45, 2.75) is 83.0 Å². The molecule has 0 aliphatic heterocycles. The van der Waals surface area contributed by atoms with Crippen molar-refractivity contribution in [1.29, 1.82) is 0 Å². The van der Waals surface area contributed by atoms with Gasteiger partial charge in [-0.3, -0.25) is 4.79 Å². The van der Waals surface area contributed by atoms with E-state index in [4.69, 9.17) is 0 Å². The highest BCUT2D eigenvalue weighted by molar-refractivity contribution is 5.89. The second-order valence-electron chi connectivity index (χ2n) is 10.2. The summed E-state index contributed by atoms with van der Waals surface area (Å²) in [6.07, 6.45) is 5.48. The third-order valence-corrected chi connectivity index (χ3v) is 9.33. The standard InChI is InChI=1S/C21H34O5/c1-19-7-5-13(23)9-12(19)3-4-14-15-6-8-21(26,17(25)11-22)20(15,2)10-16(24)18(14)19/h12-16,18,22-24,26H,3-11H2,1-2H3/t12-,13+,14+,15+,16-,18-,19+,20+,21+/m1/s1. The molecule has 4 saturated carbocycles. The first-order valence-corrected chi connectivity index (χ1v) is 10.4. The summed E-state index contributed by atoms with van der Waals surface area (Å²) in [6.45, 7) is 3.61. The summed E-state index contributed by atoms with van der Waals surface area (Å²) in [5.41, 5.74) is -2.14. The van der Waals surface area contributed by atoms with E-state index < -0.39 is 29.5 Å². The maximum absolute atomic E-state index is 12.4. The lowest BCUT2D eigenvalue weighted by atomic mass is 9.43. The number of carbonyl (C=O) groups is 1. The summed E-state index contributed by atoms with van der Waals surface area (Å²) in [6, 6.07) is 0. The molecule has 4 aliphatic rings. The van der Waals surface area contributed by atoms with Gasteiger partial charge in [-0.2, -0.15) is 0 Å². The SMILES string of the molecule is C[C@]12CC[C@H](O)C[C@H]1CC[C@@H]1[C@@H]2[C@H](O)C[C@@]2(C)[C@H]1CC[C@]2(O)C(=O)CO. The van der Waals surface area contributed by atoms with Crippen LogP contribution in [0.3, 0.4) is 0 Å². The molecule has 0 spiro atoms. The van der Waals surface area contributed by atoms with E-state index in [1.54, 1.807) is 0 Å². The molecule has 9 atom stereocenters. The Morgan fingerprint density at radius 1 is 1.08 bits per heavy atom. The maximum Gasteiger partial charge on any atom is 0.190 e. The molecule has 26 heavy (non-hydrogen) atoms. The van der Waals surface area contributed by atoms with Crippen molar-refractivity contribution in [1.82, 2.24) is 0 Å². The Morgan fingerprint density at radius 2 is 1.81 bits per heavy atom. The Labute approximate surface area is 155 Å². The van der Waals surface area contributed by atoms with Crippen molar-refractivity contribution in [2.24, 2.45) is 34.5 Å². The molecule has 4 N–H and O–H groups in total. The number of aliphatic hydroxyl groups excluding tert-OH is 3. The van der Waals surface area contributed by atoms with Gasteiger partial charge in [-0.25, -0.2) is 0 Å². The summed E-state index contributed by atoms with van der Waals surface area (Å²) in [5.74, 6) is 0.653. The van der Waals surface area contributed by atoms with Crippen LogP contribution in [-0.2, 0) is 4.79 Å². The van der Waals surface area contributed by atoms with Crippen molar-refractivity contribution in [2.75, 3.05) is 6.61 Å². The topological polar surface area (TPSA) is 98.0 Å². The van der Waals surface area contributed by atoms with Crippen LogP contribution in [0.15, 0.2) is 0 Å². The van der Waals surface area contributed by atoms with Crippen molar-refractivity contribution < 1.29 is 25.2 Å². The number of aliphatic hydroxyl groups is 4. The zero-order chi connectivity index (χ0) is 18.9. The number of ketones is 1. The van der Waals surface area contributed by atoms with Crippen LogP contribution in [0.5, 0.6) is 0 Å². The quantitative estimate of drug-likeness (QED) is 0.596. The third kappa shape index (κ3) is 2.27. The lowest BCUT2D eigenvalue weighted by molar-refractivity contribution is -0.202. The average molecular weight is 366 g/mol. The van der Waals surface area contributed by atoms with Gasteiger partial charge in [0.05, 0.1) is 12.2 Å². The molecule has 0 radical (unpaired) electrons. The van der Waals surface area contributed by atoms with E-state index >= 15 is 0 Å². The monoisotopic (exact) mass is 366 g/mol. The lowest BCUT2D eigenvalue weighted by Gasteiger charge is -2.62. The molecule has 148 valence electrons. The number of carbonyl (C=O) groups excluding carboxylic acids is 1. The van der Waals surface area contributed by atoms with Crippen LogP contribution in [0, 0.1) is 34.5 Å². The van der Waals surface area contributed by atoms with Crippen LogP contribution in [0.25, 0.3) is 0 Å². The van der Waals surface area contributed by atoms with Gasteiger partial charge in [-0.15, -0.1) is 0 Å². The summed E-state index contributed by atoms with van der Waals surface area (Å²) >= 11 is 0. The first-order chi connectivity index (χ1) is 12.2. The van der Waals surface area contributed by atoms with Crippen LogP contribution in [0.1, 0.15) is 65.2 Å². The lowest BCUT2D eigenvalue weighted by Crippen LogP contribution is -2.63. The zero-order valence-corrected chi connectivity index (χ0v) is 16.0. The average Bonchev–Trinajstić information content (AvgIpc) is 2.86. The molecule has 0 bridgehead atoms. The number of rotatable bonds is 2. The number of hydrogen-bond donors (Lipinski definition) is 4. The maximum atomic E-state index is 12.4. The van der Waals surface area contributed by atoms with Gasteiger partial charge in [0.25, 0.3) is 0 Å². The van der Waals surface area contributed by atoms with Crippen LogP contribution in [0.2, 0.25) is 0 Å². The molecule has 5 heteroatoms. The zero-order valence-electron chi connectivity index (χ0n) is 16.0. The van der Waals surface area contributed by atoms with E-state index in [9.17, 15) is 25.2 Å². The van der Waals surface area contributed by atoms with Gasteiger partial charge in [0.1, 0.15) is 12.2 Å². The van der Waals surface area contributed by atoms with Crippen molar-refractivity contribution in [3.63, 3.8) is 0 Å². The highest BCUT2D eigenvalue weighted by Gasteiger charge is 2.68. The summed E-state index contributed by atoms with van der Waals surface area (Å²) in [4.78, 5) is 12.4. The molecule has 0 unspecified atom stereocenters. The smallest absolute Gasteiger partial charge is 0.190 e. The van der Waals surface area contributed by atoms with Gasteiger partial charge >= 0.3 is 0 Å². The highest BCUT2D eigenvalue weighted by atomic mass is 16.3. The molecule has 0 aromatic carbocycles. The predicted molar refractivity (Wildman–Crippen MR) is 96.2 cm³/mol. The Kier molecular flexibility index (Phi) is 4.35. The Balaban J connectivity index is 1.69. The van der Waals surface area contributed by atoms with Gasteiger partial charge < -0.3 is 20.4 Å². The van der Waals surface area contributed by atoms with E-state index in [1.165, 1.54) is 0 Å². The molecule has 0 saturated heterocycles. The van der Waals surface area contributed by atoms with E-state index in [1.807, 2.05) is 6.92 Å². The Bertz CT molecular complexity index is 593. The van der Waals surface area contributed by atoms with E-state index in [2.05, 4.69) is 6.92 Å². The molecule has 0 heterocycles. The molecule has 5 nitrogen and oxygen atoms in total. The normalized spacial score (nSPS) is 56.4. The fraction of sp³-hybridized carbons (Fsp3) is 0.952. The van der Waals surface area contributed by atoms with Crippen LogP contribution >= 0.6 is 0 Å². The van der Waals surface area contributed by atoms with Crippen LogP contribution < -0.4 is 0 Å². The fourth-order valence-corrected chi connectivity index (χ4v) is 7.95. The number of Topliss-reactive ketones (excluding diaryl/α,β-unsaturated/α-hetero) is 1. The molecule has 0 amide bonds. The van der Waals surface area contributed by atoms with E-state index in [0.717, 1.165) is 38.5 Å². The molecule has 4 fully saturated rings. The van der Waals surface area contributed by atoms with Crippen molar-refractivity contribution in [3.8, 4) is 0 Å². The molecular formula is C21H34O5. The first-order valence-electron chi connectivity index (χ1n) is 10.4. The largest absolute Gasteiger partial charge is 0.393 e. The second-order valence-corrected chi connectivity index (χ2v) is 10.2. The van der Waals surface area contributed by atoms with E-state index in [-0.39, 0.29) is 23.4 Å². The van der Waals surface area contributed by atoms with Gasteiger partial charge in [0, 0.05) is 5.41 Å². The van der Waals surface area contributed by atoms with Crippen molar-refractivity contribution >= 4 is 5.78 Å². The summed E-state index contributed by atoms with van der Waals surface area (Å²) in [7, 11) is 0. The van der Waals surface area contributed by atoms with Crippen LogP contribution in [-0.4, -0.2) is 50.6 Å². The number of fused-ring (bicyclic) bond motifs is 5. The van der Waals surface area contributed by atoms with Gasteiger partial charge in [0.15, 0.2) is 5.78 Å². The van der Waals surface area contributed by atoms with Gasteiger partial charge in [-0.05, 0) is 80.5 Å². The molecular weight excluding hydrogens is 332 g/mol. The van der Waals surface area contributed by atoms with Crippen molar-refractivity contribution in [3.05, 3.63) is 0 Å². The van der Waals surface area contributed by atoms with E-state index in [0.29, 0.717) is 24.7 Å². The fourth-order valence-electron chi connectivity index (χ4n) is 7.95. The summed E-state index contributed by atoms with van der Waals surface area (Å²) < 4.78 is 0. The summed E-state index contributed by atoms with van der Waals surface area (Å²) in [5, 5.41) is 41.9. The molecule has 0 aromatic rings. The van der Waals surface area contributed by atoms with Gasteiger partial charge in [-0.1, -0.05) is 13.8 Å². The highest BCUT2D eigenvalue weighted by Crippen LogP contribution is 2.68. The Hall–Kier alpha value is -0.490. The van der Waals surface area contributed by atoms with Crippen LogP contribution in [0.4, 0.5) is 0 Å². The minimum Gasteiger partial charge on any atom is -0.393 e. The molecule has 4 aliphatic carbocycles. The minimum absolute atomic E-state index is 0.0323. The number of hydrogen-bond acceptors (Lipinski definition) is 5.